The molecule has 3 atom stereocenters. The molecule has 1 unspecified atom stereocenters. The summed E-state index contributed by atoms with van der Waals surface area (Å²) in [7, 11) is 1.88. The third kappa shape index (κ3) is 6.71. The molecule has 0 spiro atoms. The van der Waals surface area contributed by atoms with Gasteiger partial charge in [0.15, 0.2) is 12.6 Å². The maximum Gasteiger partial charge on any atom is 0.278 e. The first-order valence-electron chi connectivity index (χ1n) is 8.82. The van der Waals surface area contributed by atoms with Crippen LogP contribution in [0.1, 0.15) is 52.1 Å². The molecule has 0 heterocycles. The van der Waals surface area contributed by atoms with Gasteiger partial charge in [0.1, 0.15) is 0 Å². The van der Waals surface area contributed by atoms with Crippen molar-refractivity contribution in [2.24, 2.45) is 0 Å². The summed E-state index contributed by atoms with van der Waals surface area (Å²) in [6.45, 7) is 8.12. The molecule has 0 saturated carbocycles. The van der Waals surface area contributed by atoms with Gasteiger partial charge in [0.05, 0.1) is 13.1 Å². The van der Waals surface area contributed by atoms with Crippen LogP contribution in [0.25, 0.3) is 0 Å². The maximum absolute atomic E-state index is 12.6. The minimum absolute atomic E-state index is 0.0171. The zero-order chi connectivity index (χ0) is 18.1. The fourth-order valence-electron chi connectivity index (χ4n) is 2.60. The van der Waals surface area contributed by atoms with E-state index in [4.69, 9.17) is 0 Å². The van der Waals surface area contributed by atoms with Crippen molar-refractivity contribution in [1.29, 1.82) is 0 Å². The van der Waals surface area contributed by atoms with E-state index in [1.54, 1.807) is 0 Å². The van der Waals surface area contributed by atoms with Crippen molar-refractivity contribution in [3.05, 3.63) is 35.9 Å². The predicted octanol–water partition coefficient (Wildman–Crippen LogP) is 1.07. The Balaban J connectivity index is 2.64. The largest absolute Gasteiger partial charge is 0.349 e. The van der Waals surface area contributed by atoms with Gasteiger partial charge in [-0.15, -0.1) is 0 Å². The van der Waals surface area contributed by atoms with E-state index in [1.807, 2.05) is 58.2 Å². The monoisotopic (exact) mass is 334 g/mol. The van der Waals surface area contributed by atoms with E-state index >= 15 is 0 Å². The molecule has 0 aliphatic rings. The van der Waals surface area contributed by atoms with Crippen LogP contribution in [0.5, 0.6) is 0 Å². The van der Waals surface area contributed by atoms with E-state index in [-0.39, 0.29) is 36.5 Å². The first-order valence-corrected chi connectivity index (χ1v) is 8.82. The first-order chi connectivity index (χ1) is 11.3. The number of amides is 2. The normalized spacial score (nSPS) is 14.8. The van der Waals surface area contributed by atoms with Crippen LogP contribution in [0.2, 0.25) is 0 Å². The van der Waals surface area contributed by atoms with Crippen molar-refractivity contribution in [1.82, 2.24) is 10.6 Å². The summed E-state index contributed by atoms with van der Waals surface area (Å²) < 4.78 is 0. The SMILES string of the molecule is CCC[C@H](NC(=O)[C@@H](C)[NH+](C)CC(=O)NC(C)C)c1ccccc1. The summed E-state index contributed by atoms with van der Waals surface area (Å²) >= 11 is 0. The second kappa shape index (κ2) is 10.1. The van der Waals surface area contributed by atoms with E-state index in [2.05, 4.69) is 17.6 Å². The highest BCUT2D eigenvalue weighted by Crippen LogP contribution is 2.17. The smallest absolute Gasteiger partial charge is 0.278 e. The number of benzene rings is 1. The molecule has 1 aromatic carbocycles. The number of hydrogen-bond donors (Lipinski definition) is 3. The van der Waals surface area contributed by atoms with Gasteiger partial charge in [-0.05, 0) is 32.8 Å². The van der Waals surface area contributed by atoms with E-state index in [1.165, 1.54) is 0 Å². The number of carbonyl (C=O) groups excluding carboxylic acids is 2. The van der Waals surface area contributed by atoms with Crippen LogP contribution in [0.15, 0.2) is 30.3 Å². The van der Waals surface area contributed by atoms with Crippen molar-refractivity contribution in [3.63, 3.8) is 0 Å². The molecule has 1 rings (SSSR count). The summed E-state index contributed by atoms with van der Waals surface area (Å²) in [6.07, 6.45) is 1.89. The van der Waals surface area contributed by atoms with Gasteiger partial charge in [0, 0.05) is 6.04 Å². The molecule has 0 aromatic heterocycles. The topological polar surface area (TPSA) is 62.6 Å². The van der Waals surface area contributed by atoms with Crippen molar-refractivity contribution in [2.75, 3.05) is 13.6 Å². The lowest BCUT2D eigenvalue weighted by molar-refractivity contribution is -0.886. The van der Waals surface area contributed by atoms with Crippen molar-refractivity contribution >= 4 is 11.8 Å². The summed E-state index contributed by atoms with van der Waals surface area (Å²) in [4.78, 5) is 25.3. The van der Waals surface area contributed by atoms with E-state index < -0.39 is 0 Å². The summed E-state index contributed by atoms with van der Waals surface area (Å²) in [5.74, 6) is -0.0533. The third-order valence-electron chi connectivity index (χ3n) is 4.12. The molecule has 1 aromatic rings. The fourth-order valence-corrected chi connectivity index (χ4v) is 2.60. The van der Waals surface area contributed by atoms with Crippen molar-refractivity contribution < 1.29 is 14.5 Å². The highest BCUT2D eigenvalue weighted by Gasteiger charge is 2.26. The van der Waals surface area contributed by atoms with Crippen LogP contribution in [0, 0.1) is 0 Å². The van der Waals surface area contributed by atoms with Crippen LogP contribution in [0.3, 0.4) is 0 Å². The van der Waals surface area contributed by atoms with Crippen LogP contribution in [-0.2, 0) is 9.59 Å². The lowest BCUT2D eigenvalue weighted by Crippen LogP contribution is -3.15. The average molecular weight is 334 g/mol. The number of likely N-dealkylation sites (N-methyl/N-ethyl adjacent to an activating group) is 1. The molecule has 0 bridgehead atoms. The number of quaternary nitrogens is 1. The Morgan fingerprint density at radius 3 is 2.25 bits per heavy atom. The quantitative estimate of drug-likeness (QED) is 0.633. The number of carbonyl (C=O) groups is 2. The van der Waals surface area contributed by atoms with Gasteiger partial charge >= 0.3 is 0 Å². The molecule has 5 nitrogen and oxygen atoms in total. The standard InChI is InChI=1S/C19H31N3O2/c1-6-10-17(16-11-8-7-9-12-16)21-19(24)15(4)22(5)13-18(23)20-14(2)3/h7-9,11-12,14-15,17H,6,10,13H2,1-5H3,(H,20,23)(H,21,24)/p+1/t15-,17+/m1/s1. The average Bonchev–Trinajstić information content (AvgIpc) is 2.53. The van der Waals surface area contributed by atoms with Gasteiger partial charge in [-0.25, -0.2) is 0 Å². The van der Waals surface area contributed by atoms with Gasteiger partial charge < -0.3 is 15.5 Å². The minimum Gasteiger partial charge on any atom is -0.349 e. The second-order valence-corrected chi connectivity index (χ2v) is 6.73. The summed E-state index contributed by atoms with van der Waals surface area (Å²) in [6, 6.07) is 9.87. The summed E-state index contributed by atoms with van der Waals surface area (Å²) in [5, 5.41) is 6.00. The van der Waals surface area contributed by atoms with Gasteiger partial charge in [-0.2, -0.15) is 0 Å². The van der Waals surface area contributed by atoms with Crippen LogP contribution >= 0.6 is 0 Å². The second-order valence-electron chi connectivity index (χ2n) is 6.73. The molecule has 24 heavy (non-hydrogen) atoms. The number of nitrogens with one attached hydrogen (secondary N) is 3. The third-order valence-corrected chi connectivity index (χ3v) is 4.12. The Labute approximate surface area is 145 Å². The van der Waals surface area contributed by atoms with Gasteiger partial charge in [-0.3, -0.25) is 9.59 Å². The highest BCUT2D eigenvalue weighted by atomic mass is 16.2. The van der Waals surface area contributed by atoms with E-state index in [0.29, 0.717) is 0 Å². The van der Waals surface area contributed by atoms with E-state index in [0.717, 1.165) is 23.3 Å². The van der Waals surface area contributed by atoms with Crippen LogP contribution < -0.4 is 15.5 Å². The van der Waals surface area contributed by atoms with Crippen LogP contribution in [-0.4, -0.2) is 37.5 Å². The Morgan fingerprint density at radius 1 is 1.08 bits per heavy atom. The van der Waals surface area contributed by atoms with Gasteiger partial charge in [0.2, 0.25) is 0 Å². The first kappa shape index (κ1) is 20.2. The Hall–Kier alpha value is -1.88. The molecule has 0 radical (unpaired) electrons. The zero-order valence-electron chi connectivity index (χ0n) is 15.6. The van der Waals surface area contributed by atoms with Gasteiger partial charge in [0.25, 0.3) is 11.8 Å². The molecule has 0 fully saturated rings. The molecule has 3 N–H and O–H groups in total. The minimum atomic E-state index is -0.286. The molecule has 0 saturated heterocycles. The maximum atomic E-state index is 12.6. The lowest BCUT2D eigenvalue weighted by Gasteiger charge is -2.24. The Kier molecular flexibility index (Phi) is 8.47. The highest BCUT2D eigenvalue weighted by molar-refractivity contribution is 5.81. The Morgan fingerprint density at radius 2 is 1.71 bits per heavy atom. The zero-order valence-corrected chi connectivity index (χ0v) is 15.6. The molecule has 0 aliphatic heterocycles. The van der Waals surface area contributed by atoms with E-state index in [9.17, 15) is 9.59 Å². The summed E-state index contributed by atoms with van der Waals surface area (Å²) in [5.41, 5.74) is 1.12. The molecular formula is C19H32N3O2+. The Bertz CT molecular complexity index is 517. The fraction of sp³-hybridized carbons (Fsp3) is 0.579. The van der Waals surface area contributed by atoms with Crippen molar-refractivity contribution in [3.8, 4) is 0 Å². The number of rotatable bonds is 9. The van der Waals surface area contributed by atoms with Crippen LogP contribution in [0.4, 0.5) is 0 Å². The number of hydrogen-bond acceptors (Lipinski definition) is 2. The lowest BCUT2D eigenvalue weighted by atomic mass is 10.0. The molecule has 0 aliphatic carbocycles. The predicted molar refractivity (Wildman–Crippen MR) is 96.7 cm³/mol. The van der Waals surface area contributed by atoms with Crippen molar-refractivity contribution in [2.45, 2.75) is 58.7 Å². The molecular weight excluding hydrogens is 302 g/mol. The molecule has 2 amide bonds. The molecule has 134 valence electrons. The molecule has 5 heteroatoms. The van der Waals surface area contributed by atoms with Gasteiger partial charge in [-0.1, -0.05) is 43.7 Å².